The lowest BCUT2D eigenvalue weighted by Gasteiger charge is -2.28. The molecule has 34 heavy (non-hydrogen) atoms. The minimum atomic E-state index is -3.75. The van der Waals surface area contributed by atoms with Gasteiger partial charge in [0.15, 0.2) is 0 Å². The first-order valence-electron chi connectivity index (χ1n) is 10.4. The molecule has 0 spiro atoms. The number of nitrogens with one attached hydrogen (secondary N) is 1. The summed E-state index contributed by atoms with van der Waals surface area (Å²) in [5.74, 6) is 0.725. The van der Waals surface area contributed by atoms with Gasteiger partial charge in [0.25, 0.3) is 10.0 Å². The van der Waals surface area contributed by atoms with Gasteiger partial charge in [0.05, 0.1) is 16.3 Å². The molecule has 3 aromatic rings. The lowest BCUT2D eigenvalue weighted by molar-refractivity contribution is 0.333. The number of anilines is 2. The molecule has 0 amide bonds. The Balaban J connectivity index is 0.00000408. The van der Waals surface area contributed by atoms with Crippen LogP contribution in [-0.2, 0) is 10.0 Å². The van der Waals surface area contributed by atoms with Crippen molar-refractivity contribution in [3.05, 3.63) is 81.4 Å². The summed E-state index contributed by atoms with van der Waals surface area (Å²) in [6.45, 7) is 1.82. The molecule has 0 aromatic heterocycles. The summed E-state index contributed by atoms with van der Waals surface area (Å²) in [6.07, 6.45) is 0. The Labute approximate surface area is 226 Å². The van der Waals surface area contributed by atoms with Crippen LogP contribution in [0.2, 0.25) is 5.02 Å². The number of nitrogens with zero attached hydrogens (tertiary/aromatic N) is 2. The van der Waals surface area contributed by atoms with Crippen LogP contribution < -0.4 is 14.4 Å². The van der Waals surface area contributed by atoms with Crippen molar-refractivity contribution in [1.29, 1.82) is 0 Å². The van der Waals surface area contributed by atoms with Crippen LogP contribution in [0.5, 0.6) is 5.75 Å². The molecule has 0 heterocycles. The van der Waals surface area contributed by atoms with Gasteiger partial charge in [-0.1, -0.05) is 23.7 Å². The van der Waals surface area contributed by atoms with E-state index in [4.69, 9.17) is 16.3 Å². The highest BCUT2D eigenvalue weighted by Crippen LogP contribution is 2.31. The van der Waals surface area contributed by atoms with Gasteiger partial charge in [-0.15, -0.1) is 12.4 Å². The van der Waals surface area contributed by atoms with Crippen molar-refractivity contribution in [1.82, 2.24) is 4.90 Å². The van der Waals surface area contributed by atoms with Gasteiger partial charge in [-0.2, -0.15) is 0 Å². The molecule has 0 bridgehead atoms. The van der Waals surface area contributed by atoms with Crippen molar-refractivity contribution < 1.29 is 13.2 Å². The van der Waals surface area contributed by atoms with E-state index in [1.807, 2.05) is 55.4 Å². The van der Waals surface area contributed by atoms with E-state index in [0.717, 1.165) is 15.0 Å². The highest BCUT2D eigenvalue weighted by molar-refractivity contribution is 14.1. The maximum atomic E-state index is 13.6. The summed E-state index contributed by atoms with van der Waals surface area (Å²) in [7, 11) is 0.102. The Morgan fingerprint density at radius 3 is 2.24 bits per heavy atom. The molecule has 0 aliphatic carbocycles. The molecule has 0 fully saturated rings. The fourth-order valence-corrected chi connectivity index (χ4v) is 5.08. The molecule has 10 heteroatoms. The number of likely N-dealkylation sites (N-methyl/N-ethyl adjacent to an activating group) is 1. The van der Waals surface area contributed by atoms with Crippen molar-refractivity contribution in [3.8, 4) is 5.75 Å². The molecule has 6 nitrogen and oxygen atoms in total. The molecule has 184 valence electrons. The van der Waals surface area contributed by atoms with Crippen LogP contribution in [0, 0.1) is 3.57 Å². The fraction of sp³-hybridized carbons (Fsp3) is 0.250. The van der Waals surface area contributed by atoms with Gasteiger partial charge < -0.3 is 15.0 Å². The zero-order valence-corrected chi connectivity index (χ0v) is 23.5. The maximum absolute atomic E-state index is 13.6. The van der Waals surface area contributed by atoms with Crippen molar-refractivity contribution in [3.63, 3.8) is 0 Å². The standard InChI is InChI=1S/C24H27ClIN3O3S.ClH/c1-28(2)16-17-29(33(30,31)22-13-9-20(26)10-14-22)24-6-4-3-5-23(24)27-15-18-32-21-11-7-19(25)8-12-21;/h3-14,27H,15-18H2,1-2H3;1H. The fourth-order valence-electron chi connectivity index (χ4n) is 3.12. The summed E-state index contributed by atoms with van der Waals surface area (Å²) >= 11 is 8.07. The van der Waals surface area contributed by atoms with Gasteiger partial charge in [0, 0.05) is 28.2 Å². The highest BCUT2D eigenvalue weighted by Gasteiger charge is 2.26. The van der Waals surface area contributed by atoms with E-state index >= 15 is 0 Å². The van der Waals surface area contributed by atoms with Crippen molar-refractivity contribution in [2.24, 2.45) is 0 Å². The average molecular weight is 636 g/mol. The molecule has 3 aromatic carbocycles. The van der Waals surface area contributed by atoms with Gasteiger partial charge in [-0.3, -0.25) is 4.31 Å². The van der Waals surface area contributed by atoms with Crippen LogP contribution in [-0.4, -0.2) is 53.7 Å². The second-order valence-corrected chi connectivity index (χ2v) is 11.1. The molecule has 0 aliphatic rings. The van der Waals surface area contributed by atoms with Crippen LogP contribution in [0.25, 0.3) is 0 Å². The number of sulfonamides is 1. The third kappa shape index (κ3) is 7.91. The van der Waals surface area contributed by atoms with Gasteiger partial charge in [-0.25, -0.2) is 8.42 Å². The third-order valence-corrected chi connectivity index (χ3v) is 7.62. The smallest absolute Gasteiger partial charge is 0.264 e. The van der Waals surface area contributed by atoms with Crippen LogP contribution in [0.15, 0.2) is 77.7 Å². The first-order chi connectivity index (χ1) is 15.8. The van der Waals surface area contributed by atoms with Crippen molar-refractivity contribution in [2.45, 2.75) is 4.90 Å². The molecule has 0 unspecified atom stereocenters. The molecule has 0 radical (unpaired) electrons. The highest BCUT2D eigenvalue weighted by atomic mass is 127. The molecular formula is C24H28Cl2IN3O3S. The number of benzene rings is 3. The van der Waals surface area contributed by atoms with Gasteiger partial charge >= 0.3 is 0 Å². The largest absolute Gasteiger partial charge is 0.492 e. The molecule has 1 N–H and O–H groups in total. The van der Waals surface area contributed by atoms with E-state index in [2.05, 4.69) is 27.9 Å². The molecular weight excluding hydrogens is 608 g/mol. The van der Waals surface area contributed by atoms with E-state index in [0.29, 0.717) is 37.0 Å². The average Bonchev–Trinajstić information content (AvgIpc) is 2.79. The second kappa shape index (κ2) is 13.4. The first-order valence-corrected chi connectivity index (χ1v) is 13.3. The Morgan fingerprint density at radius 1 is 0.941 bits per heavy atom. The lowest BCUT2D eigenvalue weighted by atomic mass is 10.2. The second-order valence-electron chi connectivity index (χ2n) is 7.58. The summed E-state index contributed by atoms with van der Waals surface area (Å²) in [5, 5.41) is 3.98. The van der Waals surface area contributed by atoms with Crippen LogP contribution in [0.4, 0.5) is 11.4 Å². The topological polar surface area (TPSA) is 61.9 Å². The number of para-hydroxylation sites is 2. The lowest BCUT2D eigenvalue weighted by Crippen LogP contribution is -2.37. The number of halogens is 3. The normalized spacial score (nSPS) is 11.1. The zero-order valence-electron chi connectivity index (χ0n) is 18.9. The summed E-state index contributed by atoms with van der Waals surface area (Å²) < 4.78 is 35.4. The van der Waals surface area contributed by atoms with E-state index in [-0.39, 0.29) is 17.3 Å². The SMILES string of the molecule is CN(C)CCN(c1ccccc1NCCOc1ccc(Cl)cc1)S(=O)(=O)c1ccc(I)cc1.Cl. The summed E-state index contributed by atoms with van der Waals surface area (Å²) in [5.41, 5.74) is 1.33. The molecule has 0 saturated heterocycles. The van der Waals surface area contributed by atoms with Gasteiger partial charge in [-0.05, 0) is 97.3 Å². The number of hydrogen-bond acceptors (Lipinski definition) is 5. The molecule has 3 rings (SSSR count). The monoisotopic (exact) mass is 635 g/mol. The molecule has 0 atom stereocenters. The Morgan fingerprint density at radius 2 is 1.59 bits per heavy atom. The van der Waals surface area contributed by atoms with Crippen molar-refractivity contribution in [2.75, 3.05) is 50.0 Å². The van der Waals surface area contributed by atoms with Gasteiger partial charge in [0.1, 0.15) is 12.4 Å². The van der Waals surface area contributed by atoms with E-state index in [1.54, 1.807) is 36.4 Å². The first kappa shape index (κ1) is 28.5. The number of rotatable bonds is 11. The van der Waals surface area contributed by atoms with Crippen LogP contribution >= 0.6 is 46.6 Å². The van der Waals surface area contributed by atoms with E-state index < -0.39 is 10.0 Å². The number of ether oxygens (including phenoxy) is 1. The predicted molar refractivity (Wildman–Crippen MR) is 151 cm³/mol. The molecule has 0 aliphatic heterocycles. The van der Waals surface area contributed by atoms with Gasteiger partial charge in [0.2, 0.25) is 0 Å². The van der Waals surface area contributed by atoms with E-state index in [9.17, 15) is 8.42 Å². The Kier molecular flexibility index (Phi) is 11.2. The van der Waals surface area contributed by atoms with Crippen molar-refractivity contribution >= 4 is 68.0 Å². The summed E-state index contributed by atoms with van der Waals surface area (Å²) in [4.78, 5) is 2.23. The Hall–Kier alpha value is -1.72. The third-order valence-electron chi connectivity index (χ3n) is 4.82. The molecule has 0 saturated carbocycles. The minimum Gasteiger partial charge on any atom is -0.492 e. The quantitative estimate of drug-likeness (QED) is 0.219. The minimum absolute atomic E-state index is 0. The maximum Gasteiger partial charge on any atom is 0.264 e. The zero-order chi connectivity index (χ0) is 23.8. The van der Waals surface area contributed by atoms with Crippen LogP contribution in [0.3, 0.4) is 0 Å². The van der Waals surface area contributed by atoms with E-state index in [1.165, 1.54) is 4.31 Å². The summed E-state index contributed by atoms with van der Waals surface area (Å²) in [6, 6.07) is 21.5. The number of hydrogen-bond donors (Lipinski definition) is 1. The predicted octanol–water partition coefficient (Wildman–Crippen LogP) is 5.61. The van der Waals surface area contributed by atoms with Crippen LogP contribution in [0.1, 0.15) is 0 Å². The Bertz CT molecular complexity index is 1140.